The highest BCUT2D eigenvalue weighted by atomic mass is 35.5. The predicted octanol–water partition coefficient (Wildman–Crippen LogP) is 2.06. The van der Waals surface area contributed by atoms with Gasteiger partial charge in [-0.15, -0.1) is 0 Å². The van der Waals surface area contributed by atoms with Gasteiger partial charge in [0.05, 0.1) is 12.1 Å². The van der Waals surface area contributed by atoms with Crippen LogP contribution in [0.2, 0.25) is 5.02 Å². The molecule has 3 nitrogen and oxygen atoms in total. The van der Waals surface area contributed by atoms with E-state index in [0.29, 0.717) is 10.9 Å². The molecule has 0 amide bonds. The first-order chi connectivity index (χ1) is 7.21. The smallest absolute Gasteiger partial charge is 0.217 e. The van der Waals surface area contributed by atoms with Crippen LogP contribution in [0.4, 0.5) is 0 Å². The molecule has 1 aromatic rings. The first-order valence-corrected chi connectivity index (χ1v) is 5.37. The van der Waals surface area contributed by atoms with Crippen molar-refractivity contribution < 1.29 is 9.84 Å². The molecule has 1 heterocycles. The van der Waals surface area contributed by atoms with Gasteiger partial charge < -0.3 is 9.84 Å². The molecule has 0 spiro atoms. The molecule has 0 saturated heterocycles. The Hall–Kier alpha value is -0.800. The third-order valence-electron chi connectivity index (χ3n) is 3.00. The number of aromatic nitrogens is 1. The maximum atomic E-state index is 9.27. The molecule has 0 aromatic carbocycles. The summed E-state index contributed by atoms with van der Waals surface area (Å²) in [5.41, 5.74) is 0.938. The molecule has 1 N–H and O–H groups in total. The van der Waals surface area contributed by atoms with E-state index >= 15 is 0 Å². The van der Waals surface area contributed by atoms with Crippen LogP contribution in [-0.2, 0) is 6.42 Å². The number of hydrogen-bond donors (Lipinski definition) is 1. The van der Waals surface area contributed by atoms with Crippen molar-refractivity contribution in [2.45, 2.75) is 19.3 Å². The Balaban J connectivity index is 2.26. The Morgan fingerprint density at radius 1 is 1.60 bits per heavy atom. The van der Waals surface area contributed by atoms with Gasteiger partial charge >= 0.3 is 0 Å². The van der Waals surface area contributed by atoms with Crippen LogP contribution in [0.15, 0.2) is 12.3 Å². The van der Waals surface area contributed by atoms with Gasteiger partial charge in [0, 0.05) is 18.4 Å². The third kappa shape index (κ3) is 2.08. The summed E-state index contributed by atoms with van der Waals surface area (Å²) in [7, 11) is 1.58. The molecule has 1 fully saturated rings. The van der Waals surface area contributed by atoms with E-state index in [0.717, 1.165) is 24.8 Å². The first kappa shape index (κ1) is 10.7. The number of nitrogens with zero attached hydrogens (tertiary/aromatic N) is 1. The molecule has 15 heavy (non-hydrogen) atoms. The van der Waals surface area contributed by atoms with Crippen molar-refractivity contribution in [2.75, 3.05) is 13.7 Å². The molecule has 0 unspecified atom stereocenters. The van der Waals surface area contributed by atoms with Gasteiger partial charge in [-0.2, -0.15) is 0 Å². The fourth-order valence-electron chi connectivity index (χ4n) is 1.73. The minimum Gasteiger partial charge on any atom is -0.481 e. The molecular weight excluding hydrogens is 214 g/mol. The third-order valence-corrected chi connectivity index (χ3v) is 3.35. The molecular formula is C11H14ClNO2. The standard InChI is InChI=1S/C11H14ClNO2/c1-15-10-8(9(12)2-5-13-10)6-11(7-14)3-4-11/h2,5,14H,3-4,6-7H2,1H3. The van der Waals surface area contributed by atoms with E-state index in [-0.39, 0.29) is 12.0 Å². The molecule has 0 atom stereocenters. The van der Waals surface area contributed by atoms with E-state index in [9.17, 15) is 5.11 Å². The lowest BCUT2D eigenvalue weighted by Gasteiger charge is -2.14. The highest BCUT2D eigenvalue weighted by molar-refractivity contribution is 6.31. The van der Waals surface area contributed by atoms with E-state index in [1.165, 1.54) is 0 Å². The Morgan fingerprint density at radius 3 is 2.87 bits per heavy atom. The minimum absolute atomic E-state index is 0.0277. The summed E-state index contributed by atoms with van der Waals surface area (Å²) in [6.45, 7) is 0.210. The summed E-state index contributed by atoms with van der Waals surface area (Å²) >= 11 is 6.10. The second kappa shape index (κ2) is 3.99. The van der Waals surface area contributed by atoms with Crippen molar-refractivity contribution in [1.29, 1.82) is 0 Å². The predicted molar refractivity (Wildman–Crippen MR) is 58.3 cm³/mol. The van der Waals surface area contributed by atoms with E-state index in [1.54, 1.807) is 19.4 Å². The molecule has 0 aliphatic heterocycles. The number of rotatable bonds is 4. The summed E-state index contributed by atoms with van der Waals surface area (Å²) in [5, 5.41) is 9.94. The molecule has 4 heteroatoms. The van der Waals surface area contributed by atoms with Gasteiger partial charge in [0.1, 0.15) is 0 Å². The SMILES string of the molecule is COc1nccc(Cl)c1CC1(CO)CC1. The van der Waals surface area contributed by atoms with Crippen LogP contribution in [0.5, 0.6) is 5.88 Å². The summed E-state index contributed by atoms with van der Waals surface area (Å²) < 4.78 is 5.17. The van der Waals surface area contributed by atoms with Crippen molar-refractivity contribution in [2.24, 2.45) is 5.41 Å². The lowest BCUT2D eigenvalue weighted by molar-refractivity contribution is 0.210. The van der Waals surface area contributed by atoms with Gasteiger partial charge in [-0.05, 0) is 30.7 Å². The maximum Gasteiger partial charge on any atom is 0.217 e. The molecule has 1 aliphatic rings. The highest BCUT2D eigenvalue weighted by Gasteiger charge is 2.43. The van der Waals surface area contributed by atoms with Crippen LogP contribution in [0, 0.1) is 5.41 Å². The van der Waals surface area contributed by atoms with Crippen molar-refractivity contribution in [3.8, 4) is 5.88 Å². The van der Waals surface area contributed by atoms with E-state index in [2.05, 4.69) is 4.98 Å². The number of halogens is 1. The fourth-order valence-corrected chi connectivity index (χ4v) is 1.93. The van der Waals surface area contributed by atoms with Crippen molar-refractivity contribution in [3.63, 3.8) is 0 Å². The van der Waals surface area contributed by atoms with Crippen LogP contribution >= 0.6 is 11.6 Å². The first-order valence-electron chi connectivity index (χ1n) is 4.99. The molecule has 1 aliphatic carbocycles. The average Bonchev–Trinajstić information content (AvgIpc) is 3.02. The van der Waals surface area contributed by atoms with Gasteiger partial charge in [-0.3, -0.25) is 0 Å². The zero-order valence-electron chi connectivity index (χ0n) is 8.66. The number of ether oxygens (including phenoxy) is 1. The minimum atomic E-state index is 0.0277. The number of pyridine rings is 1. The van der Waals surface area contributed by atoms with Gasteiger partial charge in [0.15, 0.2) is 0 Å². The van der Waals surface area contributed by atoms with Crippen molar-refractivity contribution in [3.05, 3.63) is 22.8 Å². The van der Waals surface area contributed by atoms with E-state index < -0.39 is 0 Å². The van der Waals surface area contributed by atoms with Gasteiger partial charge in [0.25, 0.3) is 0 Å². The fraction of sp³-hybridized carbons (Fsp3) is 0.545. The maximum absolute atomic E-state index is 9.27. The number of aliphatic hydroxyl groups excluding tert-OH is 1. The Bertz CT molecular complexity index is 364. The summed E-state index contributed by atoms with van der Waals surface area (Å²) in [6.07, 6.45) is 4.48. The van der Waals surface area contributed by atoms with E-state index in [1.807, 2.05) is 0 Å². The Labute approximate surface area is 94.0 Å². The molecule has 2 rings (SSSR count). The van der Waals surface area contributed by atoms with Crippen molar-refractivity contribution >= 4 is 11.6 Å². The summed E-state index contributed by atoms with van der Waals surface area (Å²) in [5.74, 6) is 0.572. The van der Waals surface area contributed by atoms with Gasteiger partial charge in [0.2, 0.25) is 5.88 Å². The van der Waals surface area contributed by atoms with Crippen molar-refractivity contribution in [1.82, 2.24) is 4.98 Å². The summed E-state index contributed by atoms with van der Waals surface area (Å²) in [6, 6.07) is 1.76. The lowest BCUT2D eigenvalue weighted by Crippen LogP contribution is -2.11. The highest BCUT2D eigenvalue weighted by Crippen LogP contribution is 2.49. The second-order valence-corrected chi connectivity index (χ2v) is 4.52. The van der Waals surface area contributed by atoms with Crippen LogP contribution < -0.4 is 4.74 Å². The normalized spacial score (nSPS) is 17.5. The second-order valence-electron chi connectivity index (χ2n) is 4.12. The van der Waals surface area contributed by atoms with Gasteiger partial charge in [-0.1, -0.05) is 11.6 Å². The zero-order valence-corrected chi connectivity index (χ0v) is 9.42. The molecule has 1 aromatic heterocycles. The Kier molecular flexibility index (Phi) is 2.85. The van der Waals surface area contributed by atoms with Crippen LogP contribution in [0.1, 0.15) is 18.4 Å². The van der Waals surface area contributed by atoms with Crippen LogP contribution in [0.3, 0.4) is 0 Å². The molecule has 0 radical (unpaired) electrons. The summed E-state index contributed by atoms with van der Waals surface area (Å²) in [4.78, 5) is 4.12. The topological polar surface area (TPSA) is 42.4 Å². The quantitative estimate of drug-likeness (QED) is 0.856. The molecule has 82 valence electrons. The Morgan fingerprint density at radius 2 is 2.33 bits per heavy atom. The average molecular weight is 228 g/mol. The lowest BCUT2D eigenvalue weighted by atomic mass is 9.98. The largest absolute Gasteiger partial charge is 0.481 e. The molecule has 1 saturated carbocycles. The van der Waals surface area contributed by atoms with Crippen LogP contribution in [0.25, 0.3) is 0 Å². The number of hydrogen-bond acceptors (Lipinski definition) is 3. The van der Waals surface area contributed by atoms with Crippen LogP contribution in [-0.4, -0.2) is 23.8 Å². The zero-order chi connectivity index (χ0) is 10.9. The number of methoxy groups -OCH3 is 1. The monoisotopic (exact) mass is 227 g/mol. The number of aliphatic hydroxyl groups is 1. The molecule has 0 bridgehead atoms. The van der Waals surface area contributed by atoms with Gasteiger partial charge in [-0.25, -0.2) is 4.98 Å². The van der Waals surface area contributed by atoms with E-state index in [4.69, 9.17) is 16.3 Å².